The van der Waals surface area contributed by atoms with Gasteiger partial charge in [0.2, 0.25) is 5.91 Å². The third kappa shape index (κ3) is 6.97. The number of carbonyl (C=O) groups excluding carboxylic acids is 1. The van der Waals surface area contributed by atoms with E-state index < -0.39 is 0 Å². The van der Waals surface area contributed by atoms with E-state index in [1.165, 1.54) is 5.56 Å². The van der Waals surface area contributed by atoms with Crippen LogP contribution in [0.3, 0.4) is 0 Å². The predicted octanol–water partition coefficient (Wildman–Crippen LogP) is 2.04. The first-order valence-electron chi connectivity index (χ1n) is 7.28. The van der Waals surface area contributed by atoms with Gasteiger partial charge in [-0.3, -0.25) is 4.79 Å². The number of hydrogen-bond donors (Lipinski definition) is 2. The Bertz CT molecular complexity index is 442. The molecule has 1 aromatic rings. The molecule has 126 valence electrons. The Morgan fingerprint density at radius 2 is 1.91 bits per heavy atom. The van der Waals surface area contributed by atoms with E-state index in [9.17, 15) is 4.79 Å². The maximum Gasteiger partial charge on any atom is 0.234 e. The van der Waals surface area contributed by atoms with Crippen LogP contribution < -0.4 is 10.6 Å². The van der Waals surface area contributed by atoms with Gasteiger partial charge in [0.15, 0.2) is 0 Å². The number of likely N-dealkylation sites (N-methyl/N-ethyl adjacent to an activating group) is 1. The Morgan fingerprint density at radius 1 is 1.27 bits per heavy atom. The second-order valence-corrected chi connectivity index (χ2v) is 5.97. The fourth-order valence-electron chi connectivity index (χ4n) is 2.63. The Hall–Kier alpha value is -0.810. The molecule has 1 amide bonds. The first-order valence-corrected chi connectivity index (χ1v) is 7.28. The first kappa shape index (κ1) is 21.2. The van der Waals surface area contributed by atoms with Gasteiger partial charge in [-0.2, -0.15) is 0 Å². The number of nitrogens with zero attached hydrogens (tertiary/aromatic N) is 1. The zero-order valence-corrected chi connectivity index (χ0v) is 15.0. The van der Waals surface area contributed by atoms with Crippen LogP contribution in [-0.4, -0.2) is 50.1 Å². The molecule has 0 radical (unpaired) electrons. The summed E-state index contributed by atoms with van der Waals surface area (Å²) in [7, 11) is 4.02. The van der Waals surface area contributed by atoms with Gasteiger partial charge in [-0.05, 0) is 33.0 Å². The SMILES string of the molecule is CC(CN(C)C)NC(=O)CN[C@H]1CC1c1ccccc1.Cl.Cl. The smallest absolute Gasteiger partial charge is 0.234 e. The van der Waals surface area contributed by atoms with E-state index >= 15 is 0 Å². The normalized spacial score (nSPS) is 20.5. The number of nitrogens with one attached hydrogen (secondary N) is 2. The lowest BCUT2D eigenvalue weighted by Crippen LogP contribution is -2.43. The molecule has 1 fully saturated rings. The van der Waals surface area contributed by atoms with Crippen LogP contribution in [0.25, 0.3) is 0 Å². The molecule has 2 N–H and O–H groups in total. The minimum Gasteiger partial charge on any atom is -0.351 e. The fourth-order valence-corrected chi connectivity index (χ4v) is 2.63. The van der Waals surface area contributed by atoms with Gasteiger partial charge in [-0.25, -0.2) is 0 Å². The van der Waals surface area contributed by atoms with Crippen molar-refractivity contribution in [2.24, 2.45) is 0 Å². The molecule has 0 aliphatic heterocycles. The number of rotatable bonds is 7. The molecule has 1 aromatic carbocycles. The second-order valence-electron chi connectivity index (χ2n) is 5.97. The molecular formula is C16H27Cl2N3O. The van der Waals surface area contributed by atoms with E-state index in [0.717, 1.165) is 13.0 Å². The average molecular weight is 348 g/mol. The number of amides is 1. The standard InChI is InChI=1S/C16H25N3O.2ClH/c1-12(11-19(2)3)18-16(20)10-17-15-9-14(15)13-7-5-4-6-8-13;;/h4-8,12,14-15,17H,9-11H2,1-3H3,(H,18,20);2*1H/t12?,14?,15-;;/m0../s1. The third-order valence-corrected chi connectivity index (χ3v) is 3.59. The molecule has 0 bridgehead atoms. The van der Waals surface area contributed by atoms with Crippen molar-refractivity contribution in [3.63, 3.8) is 0 Å². The van der Waals surface area contributed by atoms with Gasteiger partial charge in [0, 0.05) is 24.5 Å². The van der Waals surface area contributed by atoms with Gasteiger partial charge in [0.1, 0.15) is 0 Å². The Morgan fingerprint density at radius 3 is 2.50 bits per heavy atom. The minimum atomic E-state index is 0. The number of halogens is 2. The molecule has 6 heteroatoms. The first-order chi connectivity index (χ1) is 9.56. The third-order valence-electron chi connectivity index (χ3n) is 3.59. The van der Waals surface area contributed by atoms with Crippen LogP contribution >= 0.6 is 24.8 Å². The molecule has 4 nitrogen and oxygen atoms in total. The quantitative estimate of drug-likeness (QED) is 0.793. The summed E-state index contributed by atoms with van der Waals surface area (Å²) >= 11 is 0. The van der Waals surface area contributed by atoms with Gasteiger partial charge in [0.25, 0.3) is 0 Å². The molecule has 22 heavy (non-hydrogen) atoms. The van der Waals surface area contributed by atoms with E-state index in [0.29, 0.717) is 18.5 Å². The van der Waals surface area contributed by atoms with Crippen LogP contribution in [-0.2, 0) is 4.79 Å². The highest BCUT2D eigenvalue weighted by molar-refractivity contribution is 5.85. The van der Waals surface area contributed by atoms with E-state index in [1.54, 1.807) is 0 Å². The van der Waals surface area contributed by atoms with Gasteiger partial charge in [0.05, 0.1) is 6.54 Å². The van der Waals surface area contributed by atoms with Crippen molar-refractivity contribution in [2.45, 2.75) is 31.3 Å². The summed E-state index contributed by atoms with van der Waals surface area (Å²) in [5.74, 6) is 0.654. The van der Waals surface area contributed by atoms with Crippen LogP contribution in [0.15, 0.2) is 30.3 Å². The summed E-state index contributed by atoms with van der Waals surface area (Å²) in [6.45, 7) is 3.30. The van der Waals surface area contributed by atoms with E-state index in [2.05, 4.69) is 39.8 Å². The van der Waals surface area contributed by atoms with E-state index in [1.807, 2.05) is 27.1 Å². The van der Waals surface area contributed by atoms with Gasteiger partial charge < -0.3 is 15.5 Å². The van der Waals surface area contributed by atoms with Crippen LogP contribution in [0.4, 0.5) is 0 Å². The van der Waals surface area contributed by atoms with Crippen LogP contribution in [0.2, 0.25) is 0 Å². The number of carbonyl (C=O) groups is 1. The minimum absolute atomic E-state index is 0. The van der Waals surface area contributed by atoms with E-state index in [4.69, 9.17) is 0 Å². The lowest BCUT2D eigenvalue weighted by Gasteiger charge is -2.18. The molecule has 0 saturated heterocycles. The van der Waals surface area contributed by atoms with Crippen LogP contribution in [0.5, 0.6) is 0 Å². The topological polar surface area (TPSA) is 44.4 Å². The molecule has 0 aromatic heterocycles. The summed E-state index contributed by atoms with van der Waals surface area (Å²) in [6.07, 6.45) is 1.13. The largest absolute Gasteiger partial charge is 0.351 e. The lowest BCUT2D eigenvalue weighted by atomic mass is 10.1. The predicted molar refractivity (Wildman–Crippen MR) is 96.2 cm³/mol. The second kappa shape index (κ2) is 10.1. The molecule has 0 spiro atoms. The monoisotopic (exact) mass is 347 g/mol. The van der Waals surface area contributed by atoms with Crippen LogP contribution in [0, 0.1) is 0 Å². The maximum absolute atomic E-state index is 11.8. The summed E-state index contributed by atoms with van der Waals surface area (Å²) in [6, 6.07) is 11.1. The molecule has 3 atom stereocenters. The van der Waals surface area contributed by atoms with Crippen molar-refractivity contribution in [1.82, 2.24) is 15.5 Å². The van der Waals surface area contributed by atoms with Crippen molar-refractivity contribution in [2.75, 3.05) is 27.2 Å². The number of hydrogen-bond acceptors (Lipinski definition) is 3. The molecular weight excluding hydrogens is 321 g/mol. The van der Waals surface area contributed by atoms with Crippen molar-refractivity contribution in [1.29, 1.82) is 0 Å². The summed E-state index contributed by atoms with van der Waals surface area (Å²) in [4.78, 5) is 13.9. The average Bonchev–Trinajstić information content (AvgIpc) is 3.16. The zero-order chi connectivity index (χ0) is 14.5. The highest BCUT2D eigenvalue weighted by Gasteiger charge is 2.37. The van der Waals surface area contributed by atoms with Crippen molar-refractivity contribution < 1.29 is 4.79 Å². The maximum atomic E-state index is 11.8. The highest BCUT2D eigenvalue weighted by Crippen LogP contribution is 2.40. The van der Waals surface area contributed by atoms with Crippen molar-refractivity contribution in [3.05, 3.63) is 35.9 Å². The van der Waals surface area contributed by atoms with Gasteiger partial charge in [-0.15, -0.1) is 24.8 Å². The van der Waals surface area contributed by atoms with E-state index in [-0.39, 0.29) is 36.8 Å². The molecule has 2 rings (SSSR count). The molecule has 1 aliphatic carbocycles. The summed E-state index contributed by atoms with van der Waals surface area (Å²) in [5, 5.41) is 6.34. The van der Waals surface area contributed by atoms with Crippen LogP contribution in [0.1, 0.15) is 24.8 Å². The molecule has 2 unspecified atom stereocenters. The Balaban J connectivity index is 0.00000220. The summed E-state index contributed by atoms with van der Waals surface area (Å²) in [5.41, 5.74) is 1.37. The zero-order valence-electron chi connectivity index (χ0n) is 13.4. The van der Waals surface area contributed by atoms with Gasteiger partial charge in [-0.1, -0.05) is 30.3 Å². The summed E-state index contributed by atoms with van der Waals surface area (Å²) < 4.78 is 0. The Labute approximate surface area is 145 Å². The fraction of sp³-hybridized carbons (Fsp3) is 0.562. The highest BCUT2D eigenvalue weighted by atomic mass is 35.5. The Kier molecular flexibility index (Phi) is 9.69. The molecule has 1 aliphatic rings. The number of benzene rings is 1. The van der Waals surface area contributed by atoms with Crippen molar-refractivity contribution in [3.8, 4) is 0 Å². The lowest BCUT2D eigenvalue weighted by molar-refractivity contribution is -0.120. The van der Waals surface area contributed by atoms with Crippen molar-refractivity contribution >= 4 is 30.7 Å². The molecule has 1 saturated carbocycles. The molecule has 0 heterocycles. The van der Waals surface area contributed by atoms with Gasteiger partial charge >= 0.3 is 0 Å².